The smallest absolute Gasteiger partial charge is 0.267 e. The SMILES string of the molecule is O=C(c1ccc(Br)cc1)n1cc(-c2ccccc2)nn1. The summed E-state index contributed by atoms with van der Waals surface area (Å²) in [5.74, 6) is -0.202. The Labute approximate surface area is 124 Å². The average Bonchev–Trinajstić information content (AvgIpc) is 2.98. The van der Waals surface area contributed by atoms with Crippen molar-refractivity contribution in [3.05, 3.63) is 70.8 Å². The fraction of sp³-hybridized carbons (Fsp3) is 0. The molecule has 0 bridgehead atoms. The summed E-state index contributed by atoms with van der Waals surface area (Å²) < 4.78 is 2.18. The van der Waals surface area contributed by atoms with Crippen LogP contribution in [0, 0.1) is 0 Å². The zero-order valence-electron chi connectivity index (χ0n) is 10.4. The second-order valence-corrected chi connectivity index (χ2v) is 5.14. The minimum absolute atomic E-state index is 0.202. The molecule has 20 heavy (non-hydrogen) atoms. The molecular formula is C15H10BrN3O. The summed E-state index contributed by atoms with van der Waals surface area (Å²) in [4.78, 5) is 12.2. The van der Waals surface area contributed by atoms with Crippen molar-refractivity contribution in [2.45, 2.75) is 0 Å². The van der Waals surface area contributed by atoms with E-state index in [9.17, 15) is 4.79 Å². The first-order valence-electron chi connectivity index (χ1n) is 6.02. The number of hydrogen-bond acceptors (Lipinski definition) is 3. The van der Waals surface area contributed by atoms with Crippen molar-refractivity contribution in [3.8, 4) is 11.3 Å². The van der Waals surface area contributed by atoms with Crippen LogP contribution in [0.2, 0.25) is 0 Å². The first-order chi connectivity index (χ1) is 9.74. The quantitative estimate of drug-likeness (QED) is 0.724. The Morgan fingerprint density at radius 2 is 1.70 bits per heavy atom. The van der Waals surface area contributed by atoms with Gasteiger partial charge in [-0.1, -0.05) is 51.5 Å². The molecule has 0 saturated heterocycles. The van der Waals surface area contributed by atoms with E-state index < -0.39 is 0 Å². The minimum Gasteiger partial charge on any atom is -0.267 e. The first-order valence-corrected chi connectivity index (χ1v) is 6.81. The molecule has 0 N–H and O–H groups in total. The van der Waals surface area contributed by atoms with E-state index in [4.69, 9.17) is 0 Å². The largest absolute Gasteiger partial charge is 0.279 e. The second kappa shape index (κ2) is 5.38. The molecule has 0 unspecified atom stereocenters. The van der Waals surface area contributed by atoms with E-state index in [-0.39, 0.29) is 5.91 Å². The van der Waals surface area contributed by atoms with Crippen LogP contribution in [-0.4, -0.2) is 20.9 Å². The fourth-order valence-corrected chi connectivity index (χ4v) is 2.09. The van der Waals surface area contributed by atoms with E-state index in [1.807, 2.05) is 42.5 Å². The van der Waals surface area contributed by atoms with Gasteiger partial charge in [0.05, 0.1) is 6.20 Å². The Hall–Kier alpha value is -2.27. The maximum Gasteiger partial charge on any atom is 0.279 e. The number of rotatable bonds is 2. The van der Waals surface area contributed by atoms with Gasteiger partial charge >= 0.3 is 0 Å². The van der Waals surface area contributed by atoms with Gasteiger partial charge in [-0.3, -0.25) is 4.79 Å². The zero-order chi connectivity index (χ0) is 13.9. The summed E-state index contributed by atoms with van der Waals surface area (Å²) in [5, 5.41) is 7.93. The van der Waals surface area contributed by atoms with E-state index in [1.54, 1.807) is 18.3 Å². The average molecular weight is 328 g/mol. The highest BCUT2D eigenvalue weighted by atomic mass is 79.9. The van der Waals surface area contributed by atoms with Crippen molar-refractivity contribution >= 4 is 21.8 Å². The third kappa shape index (κ3) is 2.53. The van der Waals surface area contributed by atoms with Gasteiger partial charge in [0, 0.05) is 15.6 Å². The Balaban J connectivity index is 1.90. The Morgan fingerprint density at radius 3 is 2.40 bits per heavy atom. The van der Waals surface area contributed by atoms with E-state index in [0.717, 1.165) is 10.0 Å². The van der Waals surface area contributed by atoms with Crippen LogP contribution < -0.4 is 0 Å². The van der Waals surface area contributed by atoms with Gasteiger partial charge in [0.2, 0.25) is 0 Å². The van der Waals surface area contributed by atoms with E-state index in [2.05, 4.69) is 26.2 Å². The van der Waals surface area contributed by atoms with Crippen molar-refractivity contribution in [2.24, 2.45) is 0 Å². The summed E-state index contributed by atoms with van der Waals surface area (Å²) in [5.41, 5.74) is 2.18. The lowest BCUT2D eigenvalue weighted by atomic mass is 10.2. The molecule has 3 aromatic rings. The fourth-order valence-electron chi connectivity index (χ4n) is 1.83. The third-order valence-corrected chi connectivity index (χ3v) is 3.39. The predicted molar refractivity (Wildman–Crippen MR) is 79.3 cm³/mol. The van der Waals surface area contributed by atoms with Crippen molar-refractivity contribution in [2.75, 3.05) is 0 Å². The van der Waals surface area contributed by atoms with Crippen LogP contribution in [0.25, 0.3) is 11.3 Å². The molecule has 0 aliphatic rings. The molecule has 0 fully saturated rings. The molecular weight excluding hydrogens is 318 g/mol. The lowest BCUT2D eigenvalue weighted by Gasteiger charge is -1.99. The van der Waals surface area contributed by atoms with Gasteiger partial charge in [-0.05, 0) is 24.3 Å². The summed E-state index contributed by atoms with van der Waals surface area (Å²) in [7, 11) is 0. The number of halogens is 1. The number of hydrogen-bond donors (Lipinski definition) is 0. The van der Waals surface area contributed by atoms with E-state index in [0.29, 0.717) is 11.3 Å². The zero-order valence-corrected chi connectivity index (χ0v) is 12.0. The van der Waals surface area contributed by atoms with Crippen molar-refractivity contribution < 1.29 is 4.79 Å². The minimum atomic E-state index is -0.202. The van der Waals surface area contributed by atoms with Crippen molar-refractivity contribution in [1.82, 2.24) is 15.0 Å². The molecule has 0 aliphatic carbocycles. The van der Waals surface area contributed by atoms with Gasteiger partial charge in [-0.25, -0.2) is 0 Å². The van der Waals surface area contributed by atoms with E-state index in [1.165, 1.54) is 4.68 Å². The van der Waals surface area contributed by atoms with Gasteiger partial charge in [0.15, 0.2) is 0 Å². The third-order valence-electron chi connectivity index (χ3n) is 2.86. The predicted octanol–water partition coefficient (Wildman–Crippen LogP) is 3.40. The number of carbonyl (C=O) groups is 1. The Morgan fingerprint density at radius 1 is 1.00 bits per heavy atom. The van der Waals surface area contributed by atoms with Crippen molar-refractivity contribution in [1.29, 1.82) is 0 Å². The van der Waals surface area contributed by atoms with Crippen LogP contribution in [0.3, 0.4) is 0 Å². The molecule has 0 spiro atoms. The van der Waals surface area contributed by atoms with Crippen LogP contribution in [0.1, 0.15) is 10.4 Å². The van der Waals surface area contributed by atoms with Crippen molar-refractivity contribution in [3.63, 3.8) is 0 Å². The summed E-state index contributed by atoms with van der Waals surface area (Å²) >= 11 is 3.34. The lowest BCUT2D eigenvalue weighted by molar-refractivity contribution is 0.0943. The summed E-state index contributed by atoms with van der Waals surface area (Å²) in [6.07, 6.45) is 1.64. The molecule has 1 aromatic heterocycles. The van der Waals surface area contributed by atoms with Crippen LogP contribution >= 0.6 is 15.9 Å². The Kier molecular flexibility index (Phi) is 3.43. The molecule has 0 amide bonds. The highest BCUT2D eigenvalue weighted by Crippen LogP contribution is 2.16. The summed E-state index contributed by atoms with van der Waals surface area (Å²) in [6, 6.07) is 16.8. The molecule has 4 nitrogen and oxygen atoms in total. The number of benzene rings is 2. The second-order valence-electron chi connectivity index (χ2n) is 4.23. The van der Waals surface area contributed by atoms with Crippen LogP contribution in [0.5, 0.6) is 0 Å². The van der Waals surface area contributed by atoms with Gasteiger partial charge in [-0.15, -0.1) is 5.10 Å². The molecule has 0 atom stereocenters. The van der Waals surface area contributed by atoms with Crippen LogP contribution in [0.15, 0.2) is 65.3 Å². The van der Waals surface area contributed by atoms with Gasteiger partial charge in [0.25, 0.3) is 5.91 Å². The normalized spacial score (nSPS) is 10.4. The highest BCUT2D eigenvalue weighted by Gasteiger charge is 2.11. The molecule has 0 aliphatic heterocycles. The van der Waals surface area contributed by atoms with Gasteiger partial charge in [0.1, 0.15) is 5.69 Å². The maximum absolute atomic E-state index is 12.2. The molecule has 2 aromatic carbocycles. The highest BCUT2D eigenvalue weighted by molar-refractivity contribution is 9.10. The number of aromatic nitrogens is 3. The standard InChI is InChI=1S/C15H10BrN3O/c16-13-8-6-12(7-9-13)15(20)19-10-14(17-18-19)11-4-2-1-3-5-11/h1-10H. The topological polar surface area (TPSA) is 47.8 Å². The van der Waals surface area contributed by atoms with Gasteiger partial charge in [-0.2, -0.15) is 4.68 Å². The van der Waals surface area contributed by atoms with Crippen LogP contribution in [-0.2, 0) is 0 Å². The van der Waals surface area contributed by atoms with E-state index >= 15 is 0 Å². The molecule has 0 saturated carbocycles. The van der Waals surface area contributed by atoms with Gasteiger partial charge < -0.3 is 0 Å². The molecule has 0 radical (unpaired) electrons. The maximum atomic E-state index is 12.2. The molecule has 1 heterocycles. The molecule has 5 heteroatoms. The Bertz CT molecular complexity index is 735. The molecule has 98 valence electrons. The number of carbonyl (C=O) groups excluding carboxylic acids is 1. The lowest BCUT2D eigenvalue weighted by Crippen LogP contribution is -2.12. The van der Waals surface area contributed by atoms with Crippen LogP contribution in [0.4, 0.5) is 0 Å². The first kappa shape index (κ1) is 12.7. The number of nitrogens with zero attached hydrogens (tertiary/aromatic N) is 3. The summed E-state index contributed by atoms with van der Waals surface area (Å²) in [6.45, 7) is 0. The molecule has 3 rings (SSSR count). The monoisotopic (exact) mass is 327 g/mol.